The molecule has 34 heavy (non-hydrogen) atoms. The fourth-order valence-electron chi connectivity index (χ4n) is 3.96. The van der Waals surface area contributed by atoms with Crippen molar-refractivity contribution in [1.82, 2.24) is 15.1 Å². The zero-order valence-corrected chi connectivity index (χ0v) is 18.3. The molecule has 2 aliphatic rings. The summed E-state index contributed by atoms with van der Waals surface area (Å²) in [5.41, 5.74) is -0.911. The first-order valence-corrected chi connectivity index (χ1v) is 11.1. The van der Waals surface area contributed by atoms with Crippen molar-refractivity contribution in [2.75, 3.05) is 18.7 Å². The second-order valence-corrected chi connectivity index (χ2v) is 8.68. The van der Waals surface area contributed by atoms with Crippen molar-refractivity contribution in [2.45, 2.75) is 25.1 Å². The summed E-state index contributed by atoms with van der Waals surface area (Å²) in [4.78, 5) is 27.1. The third-order valence-electron chi connectivity index (χ3n) is 5.53. The lowest BCUT2D eigenvalue weighted by Crippen LogP contribution is -2.32. The van der Waals surface area contributed by atoms with Crippen molar-refractivity contribution in [1.29, 1.82) is 0 Å². The van der Waals surface area contributed by atoms with Gasteiger partial charge in [0.15, 0.2) is 11.5 Å². The number of benzene rings is 2. The highest BCUT2D eigenvalue weighted by molar-refractivity contribution is 7.13. The molecule has 0 spiro atoms. The summed E-state index contributed by atoms with van der Waals surface area (Å²) in [7, 11) is 0. The summed E-state index contributed by atoms with van der Waals surface area (Å²) < 4.78 is 50.8. The average Bonchev–Trinajstić information content (AvgIpc) is 3.57. The molecule has 3 aromatic rings. The fraction of sp³-hybridized carbons (Fsp3) is 0.273. The molecule has 2 aromatic carbocycles. The molecule has 1 aromatic heterocycles. The summed E-state index contributed by atoms with van der Waals surface area (Å²) >= 11 is 1.00. The Kier molecular flexibility index (Phi) is 5.60. The van der Waals surface area contributed by atoms with Crippen LogP contribution in [0.15, 0.2) is 42.5 Å². The number of anilines is 1. The molecule has 0 saturated carbocycles. The number of carbonyl (C=O) groups is 2. The van der Waals surface area contributed by atoms with Crippen LogP contribution in [0, 0.1) is 0 Å². The summed E-state index contributed by atoms with van der Waals surface area (Å²) in [5, 5.41) is 11.2. The largest absolute Gasteiger partial charge is 0.454 e. The van der Waals surface area contributed by atoms with Crippen LogP contribution >= 0.6 is 11.3 Å². The van der Waals surface area contributed by atoms with E-state index in [-0.39, 0.29) is 18.3 Å². The SMILES string of the molecule is O=C(Nc1ccc2c(c1)OCO2)c1nnc([C@@H]2CCCN2C(=O)c2ccccc2C(F)(F)F)s1. The molecule has 0 radical (unpaired) electrons. The van der Waals surface area contributed by atoms with Gasteiger partial charge in [0.1, 0.15) is 5.01 Å². The number of ether oxygens (including phenoxy) is 2. The van der Waals surface area contributed by atoms with Gasteiger partial charge in [-0.15, -0.1) is 10.2 Å². The lowest BCUT2D eigenvalue weighted by atomic mass is 10.1. The number of likely N-dealkylation sites (tertiary alicyclic amines) is 1. The normalized spacial score (nSPS) is 17.1. The number of hydrogen-bond donors (Lipinski definition) is 1. The minimum Gasteiger partial charge on any atom is -0.454 e. The van der Waals surface area contributed by atoms with Gasteiger partial charge in [-0.25, -0.2) is 0 Å². The van der Waals surface area contributed by atoms with Gasteiger partial charge < -0.3 is 19.7 Å². The monoisotopic (exact) mass is 490 g/mol. The topological polar surface area (TPSA) is 93.7 Å². The maximum atomic E-state index is 13.4. The van der Waals surface area contributed by atoms with Gasteiger partial charge in [0.25, 0.3) is 11.8 Å². The molecule has 176 valence electrons. The summed E-state index contributed by atoms with van der Waals surface area (Å²) in [6.45, 7) is 0.393. The molecule has 1 atom stereocenters. The number of nitrogens with zero attached hydrogens (tertiary/aromatic N) is 3. The molecule has 1 saturated heterocycles. The van der Waals surface area contributed by atoms with E-state index in [1.54, 1.807) is 18.2 Å². The highest BCUT2D eigenvalue weighted by atomic mass is 32.1. The highest BCUT2D eigenvalue weighted by Crippen LogP contribution is 2.38. The molecule has 12 heteroatoms. The van der Waals surface area contributed by atoms with Crippen LogP contribution < -0.4 is 14.8 Å². The predicted octanol–water partition coefficient (Wildman–Crippen LogP) is 4.52. The van der Waals surface area contributed by atoms with Crippen molar-refractivity contribution in [3.8, 4) is 11.5 Å². The number of alkyl halides is 3. The van der Waals surface area contributed by atoms with Gasteiger partial charge in [-0.05, 0) is 37.1 Å². The number of fused-ring (bicyclic) bond motifs is 1. The van der Waals surface area contributed by atoms with Gasteiger partial charge in [-0.2, -0.15) is 13.2 Å². The molecule has 2 aliphatic heterocycles. The van der Waals surface area contributed by atoms with Crippen LogP contribution in [0.25, 0.3) is 0 Å². The van der Waals surface area contributed by atoms with Crippen molar-refractivity contribution in [2.24, 2.45) is 0 Å². The molecule has 0 aliphatic carbocycles. The van der Waals surface area contributed by atoms with E-state index in [0.29, 0.717) is 35.0 Å². The maximum Gasteiger partial charge on any atom is 0.417 e. The van der Waals surface area contributed by atoms with E-state index in [1.165, 1.54) is 23.1 Å². The molecule has 0 unspecified atom stereocenters. The third-order valence-corrected chi connectivity index (χ3v) is 6.55. The molecule has 8 nitrogen and oxygen atoms in total. The van der Waals surface area contributed by atoms with Crippen LogP contribution in [0.2, 0.25) is 0 Å². The Morgan fingerprint density at radius 1 is 1.09 bits per heavy atom. The molecule has 3 heterocycles. The highest BCUT2D eigenvalue weighted by Gasteiger charge is 2.39. The van der Waals surface area contributed by atoms with Crippen molar-refractivity contribution >= 4 is 28.8 Å². The summed E-state index contributed by atoms with van der Waals surface area (Å²) in [5.74, 6) is -0.137. The van der Waals surface area contributed by atoms with Crippen molar-refractivity contribution < 1.29 is 32.2 Å². The van der Waals surface area contributed by atoms with Crippen LogP contribution in [-0.2, 0) is 6.18 Å². The number of rotatable bonds is 4. The smallest absolute Gasteiger partial charge is 0.417 e. The quantitative estimate of drug-likeness (QED) is 0.578. The molecule has 1 N–H and O–H groups in total. The Labute approximate surface area is 195 Å². The molecule has 1 fully saturated rings. The minimum atomic E-state index is -4.65. The van der Waals surface area contributed by atoms with E-state index in [4.69, 9.17) is 9.47 Å². The number of aromatic nitrogens is 2. The lowest BCUT2D eigenvalue weighted by Gasteiger charge is -2.24. The van der Waals surface area contributed by atoms with Crippen molar-refractivity contribution in [3.63, 3.8) is 0 Å². The Balaban J connectivity index is 1.33. The fourth-order valence-corrected chi connectivity index (χ4v) is 4.84. The number of carbonyl (C=O) groups excluding carboxylic acids is 2. The van der Waals surface area contributed by atoms with Gasteiger partial charge in [0.2, 0.25) is 11.8 Å². The van der Waals surface area contributed by atoms with E-state index in [9.17, 15) is 22.8 Å². The zero-order valence-electron chi connectivity index (χ0n) is 17.5. The van der Waals surface area contributed by atoms with E-state index >= 15 is 0 Å². The minimum absolute atomic E-state index is 0.0719. The van der Waals surface area contributed by atoms with E-state index in [0.717, 1.165) is 17.4 Å². The third kappa shape index (κ3) is 4.16. The zero-order chi connectivity index (χ0) is 23.9. The molecule has 0 bridgehead atoms. The van der Waals surface area contributed by atoms with Gasteiger partial charge in [0, 0.05) is 18.3 Å². The predicted molar refractivity (Wildman–Crippen MR) is 115 cm³/mol. The van der Waals surface area contributed by atoms with E-state index < -0.39 is 35.2 Å². The molecular formula is C22H17F3N4O4S. The standard InChI is InChI=1S/C22H17F3N4O4S/c23-22(24,25)14-5-2-1-4-13(14)21(31)29-9-3-6-15(29)19-27-28-20(34-19)18(30)26-12-7-8-16-17(10-12)33-11-32-16/h1-2,4-5,7-8,10,15H,3,6,9,11H2,(H,26,30)/t15-/m0/s1. The first-order valence-electron chi connectivity index (χ1n) is 10.3. The van der Waals surface area contributed by atoms with Crippen LogP contribution in [-0.4, -0.2) is 40.2 Å². The molecular weight excluding hydrogens is 473 g/mol. The molecule has 5 rings (SSSR count). The first kappa shape index (κ1) is 22.1. The number of hydrogen-bond acceptors (Lipinski definition) is 7. The van der Waals surface area contributed by atoms with Gasteiger partial charge >= 0.3 is 6.18 Å². The molecule has 2 amide bonds. The summed E-state index contributed by atoms with van der Waals surface area (Å²) in [6.07, 6.45) is -3.54. The second kappa shape index (κ2) is 8.60. The number of amides is 2. The van der Waals surface area contributed by atoms with Gasteiger partial charge in [-0.1, -0.05) is 23.5 Å². The van der Waals surface area contributed by atoms with Gasteiger partial charge in [-0.3, -0.25) is 9.59 Å². The Bertz CT molecular complexity index is 1260. The number of halogens is 3. The van der Waals surface area contributed by atoms with Crippen molar-refractivity contribution in [3.05, 3.63) is 63.6 Å². The van der Waals surface area contributed by atoms with Crippen LogP contribution in [0.5, 0.6) is 11.5 Å². The van der Waals surface area contributed by atoms with Crippen LogP contribution in [0.4, 0.5) is 18.9 Å². The Morgan fingerprint density at radius 2 is 1.88 bits per heavy atom. The Morgan fingerprint density at radius 3 is 2.71 bits per heavy atom. The second-order valence-electron chi connectivity index (χ2n) is 7.67. The summed E-state index contributed by atoms with van der Waals surface area (Å²) in [6, 6.07) is 9.10. The van der Waals surface area contributed by atoms with Crippen LogP contribution in [0.1, 0.15) is 49.6 Å². The van der Waals surface area contributed by atoms with E-state index in [2.05, 4.69) is 15.5 Å². The average molecular weight is 490 g/mol. The first-order chi connectivity index (χ1) is 16.3. The van der Waals surface area contributed by atoms with Gasteiger partial charge in [0.05, 0.1) is 17.2 Å². The van der Waals surface area contributed by atoms with E-state index in [1.807, 2.05) is 0 Å². The van der Waals surface area contributed by atoms with Crippen LogP contribution in [0.3, 0.4) is 0 Å². The Hall–Kier alpha value is -3.67. The number of nitrogens with one attached hydrogen (secondary N) is 1. The lowest BCUT2D eigenvalue weighted by molar-refractivity contribution is -0.138. The maximum absolute atomic E-state index is 13.4.